The van der Waals surface area contributed by atoms with Crippen LogP contribution in [0.5, 0.6) is 0 Å². The van der Waals surface area contributed by atoms with E-state index in [0.29, 0.717) is 12.3 Å². The fraction of sp³-hybridized carbons (Fsp3) is 0.435. The van der Waals surface area contributed by atoms with Crippen molar-refractivity contribution in [2.45, 2.75) is 59.1 Å². The largest absolute Gasteiger partial charge is 0.454 e. The minimum Gasteiger partial charge on any atom is -0.454 e. The molecule has 2 N–H and O–H groups in total. The summed E-state index contributed by atoms with van der Waals surface area (Å²) in [4.78, 5) is 32.5. The fourth-order valence-corrected chi connectivity index (χ4v) is 3.01. The highest BCUT2D eigenvalue weighted by molar-refractivity contribution is 5.87. The zero-order chi connectivity index (χ0) is 21.9. The number of carbonyl (C=O) groups is 2. The first kappa shape index (κ1) is 21.6. The third-order valence-electron chi connectivity index (χ3n) is 4.86. The van der Waals surface area contributed by atoms with Crippen molar-refractivity contribution in [2.24, 2.45) is 5.92 Å². The predicted molar refractivity (Wildman–Crippen MR) is 114 cm³/mol. The van der Waals surface area contributed by atoms with E-state index in [1.165, 1.54) is 0 Å². The number of amides is 1. The molecule has 0 aliphatic rings. The lowest BCUT2D eigenvalue weighted by Gasteiger charge is -2.18. The second-order valence-electron chi connectivity index (χ2n) is 8.76. The van der Waals surface area contributed by atoms with E-state index in [0.717, 1.165) is 22.2 Å². The van der Waals surface area contributed by atoms with Crippen molar-refractivity contribution >= 4 is 22.8 Å². The van der Waals surface area contributed by atoms with Crippen LogP contribution in [0.1, 0.15) is 51.8 Å². The van der Waals surface area contributed by atoms with Crippen LogP contribution in [0.4, 0.5) is 0 Å². The maximum Gasteiger partial charge on any atom is 0.329 e. The van der Waals surface area contributed by atoms with Gasteiger partial charge in [-0.15, -0.1) is 0 Å². The van der Waals surface area contributed by atoms with Crippen molar-refractivity contribution in [3.63, 3.8) is 0 Å². The molecule has 0 fully saturated rings. The summed E-state index contributed by atoms with van der Waals surface area (Å²) in [5, 5.41) is 3.82. The first-order valence-electron chi connectivity index (χ1n) is 10.1. The normalized spacial score (nSPS) is 12.9. The Balaban J connectivity index is 1.73. The van der Waals surface area contributed by atoms with E-state index in [4.69, 9.17) is 9.15 Å². The molecule has 0 aliphatic heterocycles. The van der Waals surface area contributed by atoms with Crippen LogP contribution in [0.25, 0.3) is 10.9 Å². The van der Waals surface area contributed by atoms with Crippen LogP contribution in [0.3, 0.4) is 0 Å². The van der Waals surface area contributed by atoms with Crippen LogP contribution in [0, 0.1) is 5.92 Å². The summed E-state index contributed by atoms with van der Waals surface area (Å²) in [7, 11) is 0. The Morgan fingerprint density at radius 2 is 1.97 bits per heavy atom. The molecule has 7 nitrogen and oxygen atoms in total. The minimum absolute atomic E-state index is 0.0865. The number of oxazole rings is 1. The number of rotatable bonds is 7. The Labute approximate surface area is 176 Å². The van der Waals surface area contributed by atoms with Crippen LogP contribution >= 0.6 is 0 Å². The molecule has 0 spiro atoms. The summed E-state index contributed by atoms with van der Waals surface area (Å²) in [6, 6.07) is 7.02. The zero-order valence-corrected chi connectivity index (χ0v) is 18.1. The Kier molecular flexibility index (Phi) is 6.29. The summed E-state index contributed by atoms with van der Waals surface area (Å²) in [5.41, 5.74) is 1.73. The number of aromatic nitrogens is 2. The number of hydrogen-bond acceptors (Lipinski definition) is 5. The molecule has 30 heavy (non-hydrogen) atoms. The van der Waals surface area contributed by atoms with Gasteiger partial charge in [0.25, 0.3) is 0 Å². The average Bonchev–Trinajstić information content (AvgIpc) is 3.32. The summed E-state index contributed by atoms with van der Waals surface area (Å²) in [6.07, 6.45) is 3.82. The number of benzene rings is 1. The summed E-state index contributed by atoms with van der Waals surface area (Å²) in [5.74, 6) is 0.0726. The van der Waals surface area contributed by atoms with Crippen LogP contribution in [-0.4, -0.2) is 27.9 Å². The van der Waals surface area contributed by atoms with Gasteiger partial charge in [-0.05, 0) is 11.6 Å². The molecular weight excluding hydrogens is 382 g/mol. The molecule has 160 valence electrons. The van der Waals surface area contributed by atoms with Gasteiger partial charge in [-0.25, -0.2) is 9.78 Å². The van der Waals surface area contributed by atoms with Crippen molar-refractivity contribution in [3.05, 3.63) is 53.9 Å². The summed E-state index contributed by atoms with van der Waals surface area (Å²) < 4.78 is 11.1. The highest BCUT2D eigenvalue weighted by Crippen LogP contribution is 2.23. The van der Waals surface area contributed by atoms with E-state index >= 15 is 0 Å². The van der Waals surface area contributed by atoms with Crippen molar-refractivity contribution in [1.82, 2.24) is 15.3 Å². The van der Waals surface area contributed by atoms with E-state index < -0.39 is 12.0 Å². The number of aromatic amines is 1. The molecule has 0 radical (unpaired) electrons. The second kappa shape index (κ2) is 8.73. The molecule has 2 aromatic heterocycles. The van der Waals surface area contributed by atoms with Gasteiger partial charge in [-0.2, -0.15) is 0 Å². The first-order valence-corrected chi connectivity index (χ1v) is 10.1. The van der Waals surface area contributed by atoms with Gasteiger partial charge in [0.1, 0.15) is 11.8 Å². The molecule has 0 bridgehead atoms. The van der Waals surface area contributed by atoms with Gasteiger partial charge in [0.2, 0.25) is 11.8 Å². The van der Waals surface area contributed by atoms with E-state index in [1.807, 2.05) is 51.2 Å². The third kappa shape index (κ3) is 5.09. The van der Waals surface area contributed by atoms with Crippen molar-refractivity contribution in [3.8, 4) is 0 Å². The van der Waals surface area contributed by atoms with Gasteiger partial charge in [-0.1, -0.05) is 52.8 Å². The highest BCUT2D eigenvalue weighted by atomic mass is 16.5. The van der Waals surface area contributed by atoms with Crippen LogP contribution in [-0.2, 0) is 32.8 Å². The second-order valence-corrected chi connectivity index (χ2v) is 8.76. The van der Waals surface area contributed by atoms with Crippen molar-refractivity contribution < 1.29 is 18.7 Å². The van der Waals surface area contributed by atoms with Gasteiger partial charge >= 0.3 is 5.97 Å². The fourth-order valence-electron chi connectivity index (χ4n) is 3.01. The maximum atomic E-state index is 12.8. The van der Waals surface area contributed by atoms with E-state index in [-0.39, 0.29) is 23.8 Å². The van der Waals surface area contributed by atoms with Crippen molar-refractivity contribution in [1.29, 1.82) is 0 Å². The Morgan fingerprint density at radius 3 is 2.63 bits per heavy atom. The Hall–Kier alpha value is -3.09. The predicted octanol–water partition coefficient (Wildman–Crippen LogP) is 3.88. The molecule has 1 amide bonds. The van der Waals surface area contributed by atoms with Gasteiger partial charge in [0, 0.05) is 34.9 Å². The zero-order valence-electron chi connectivity index (χ0n) is 18.1. The lowest BCUT2D eigenvalue weighted by Crippen LogP contribution is -2.44. The van der Waals surface area contributed by atoms with Gasteiger partial charge in [0.15, 0.2) is 6.61 Å². The number of nitrogens with zero attached hydrogens (tertiary/aromatic N) is 1. The van der Waals surface area contributed by atoms with Crippen molar-refractivity contribution in [2.75, 3.05) is 0 Å². The molecule has 1 aromatic carbocycles. The SMILES string of the molecule is CC(C)C(=O)N[C@@H](Cc1c[nH]c2ccccc12)C(=O)OCc1ncc(C(C)(C)C)o1. The van der Waals surface area contributed by atoms with Crippen LogP contribution in [0.2, 0.25) is 0 Å². The van der Waals surface area contributed by atoms with Crippen LogP contribution in [0.15, 0.2) is 41.1 Å². The number of carbonyl (C=O) groups excluding carboxylic acids is 2. The lowest BCUT2D eigenvalue weighted by molar-refractivity contribution is -0.150. The molecule has 0 aliphatic carbocycles. The topological polar surface area (TPSA) is 97.2 Å². The average molecular weight is 412 g/mol. The standard InChI is InChI=1S/C23H29N3O4/c1-14(2)21(27)26-18(10-15-11-24-17-9-7-6-8-16(15)17)22(28)29-13-20-25-12-19(30-20)23(3,4)5/h6-9,11-12,14,18,24H,10,13H2,1-5H3,(H,26,27)/t18-/m0/s1. The molecule has 7 heteroatoms. The number of fused-ring (bicyclic) bond motifs is 1. The lowest BCUT2D eigenvalue weighted by atomic mass is 9.94. The van der Waals surface area contributed by atoms with Gasteiger partial charge in [0.05, 0.1) is 6.20 Å². The number of nitrogens with one attached hydrogen (secondary N) is 2. The summed E-state index contributed by atoms with van der Waals surface area (Å²) in [6.45, 7) is 9.53. The van der Waals surface area contributed by atoms with E-state index in [2.05, 4.69) is 15.3 Å². The molecule has 3 aromatic rings. The van der Waals surface area contributed by atoms with Gasteiger partial charge < -0.3 is 19.5 Å². The van der Waals surface area contributed by atoms with E-state index in [9.17, 15) is 9.59 Å². The summed E-state index contributed by atoms with van der Waals surface area (Å²) >= 11 is 0. The Bertz CT molecular complexity index is 1030. The van der Waals surface area contributed by atoms with Crippen LogP contribution < -0.4 is 5.32 Å². The first-order chi connectivity index (χ1) is 14.1. The number of hydrogen-bond donors (Lipinski definition) is 2. The molecule has 3 rings (SSSR count). The molecule has 0 saturated heterocycles. The number of H-pyrrole nitrogens is 1. The smallest absolute Gasteiger partial charge is 0.329 e. The number of para-hydroxylation sites is 1. The van der Waals surface area contributed by atoms with Gasteiger partial charge in [-0.3, -0.25) is 4.79 Å². The minimum atomic E-state index is -0.809. The maximum absolute atomic E-state index is 12.8. The molecule has 1 atom stereocenters. The van der Waals surface area contributed by atoms with E-state index in [1.54, 1.807) is 20.0 Å². The Morgan fingerprint density at radius 1 is 1.23 bits per heavy atom. The molecule has 0 saturated carbocycles. The quantitative estimate of drug-likeness (QED) is 0.575. The number of esters is 1. The molecular formula is C23H29N3O4. The molecule has 2 heterocycles. The monoisotopic (exact) mass is 411 g/mol. The third-order valence-corrected chi connectivity index (χ3v) is 4.86. The number of ether oxygens (including phenoxy) is 1. The highest BCUT2D eigenvalue weighted by Gasteiger charge is 2.26. The molecule has 0 unspecified atom stereocenters.